The van der Waals surface area contributed by atoms with Crippen molar-refractivity contribution in [1.29, 1.82) is 0 Å². The number of hydrogen-bond acceptors (Lipinski definition) is 4. The number of benzene rings is 6. The highest BCUT2D eigenvalue weighted by molar-refractivity contribution is 7.24. The first-order valence-corrected chi connectivity index (χ1v) is 16.1. The summed E-state index contributed by atoms with van der Waals surface area (Å²) >= 11 is 1.84. The molecule has 0 aliphatic heterocycles. The third-order valence-electron chi connectivity index (χ3n) is 8.47. The smallest absolute Gasteiger partial charge is 0.164 e. The van der Waals surface area contributed by atoms with E-state index >= 15 is 0 Å². The van der Waals surface area contributed by atoms with Crippen LogP contribution >= 0.6 is 11.3 Å². The average Bonchev–Trinajstić information content (AvgIpc) is 3.67. The normalized spacial score (nSPS) is 11.5. The summed E-state index contributed by atoms with van der Waals surface area (Å²) < 4.78 is 3.68. The molecule has 0 N–H and O–H groups in total. The molecule has 0 saturated carbocycles. The minimum Gasteiger partial charge on any atom is -0.299 e. The van der Waals surface area contributed by atoms with Crippen LogP contribution in [0.3, 0.4) is 0 Å². The Morgan fingerprint density at radius 3 is 1.65 bits per heavy atom. The van der Waals surface area contributed by atoms with E-state index in [9.17, 15) is 0 Å². The summed E-state index contributed by atoms with van der Waals surface area (Å²) in [4.78, 5) is 16.2. The molecule has 0 bridgehead atoms. The molecule has 46 heavy (non-hydrogen) atoms. The van der Waals surface area contributed by atoms with Gasteiger partial charge in [0.15, 0.2) is 17.5 Å². The number of thiazole rings is 1. The average molecular weight is 607 g/mol. The maximum Gasteiger partial charge on any atom is 0.164 e. The lowest BCUT2D eigenvalue weighted by Crippen LogP contribution is -2.00. The topological polar surface area (TPSA) is 43.1 Å². The molecule has 4 nitrogen and oxygen atoms in total. The molecular weight excluding hydrogens is 581 g/mol. The molecule has 5 heteroatoms. The van der Waals surface area contributed by atoms with Gasteiger partial charge in [0.1, 0.15) is 4.83 Å². The van der Waals surface area contributed by atoms with Crippen LogP contribution < -0.4 is 0 Å². The molecule has 0 unspecified atom stereocenters. The van der Waals surface area contributed by atoms with E-state index in [0.717, 1.165) is 27.8 Å². The van der Waals surface area contributed by atoms with Crippen LogP contribution in [0.1, 0.15) is 0 Å². The van der Waals surface area contributed by atoms with E-state index in [1.54, 1.807) is 0 Å². The van der Waals surface area contributed by atoms with Gasteiger partial charge in [-0.15, -0.1) is 11.3 Å². The molecular formula is C41H26N4S. The summed E-state index contributed by atoms with van der Waals surface area (Å²) in [5.41, 5.74) is 10.0. The number of rotatable bonds is 5. The SMILES string of the molecule is c1ccc(-c2cccc(-c3nc(-c4ccccc4)nc(-c4ccc(-c5c6ccccc6n6c5sc5ccccc56)cc4)n3)c2)cc1. The molecule has 3 heterocycles. The van der Waals surface area contributed by atoms with E-state index in [2.05, 4.69) is 126 Å². The summed E-state index contributed by atoms with van der Waals surface area (Å²) in [7, 11) is 0. The molecule has 0 aliphatic rings. The fourth-order valence-electron chi connectivity index (χ4n) is 6.27. The van der Waals surface area contributed by atoms with Crippen molar-refractivity contribution in [1.82, 2.24) is 19.4 Å². The highest BCUT2D eigenvalue weighted by Crippen LogP contribution is 2.42. The standard InChI is InChI=1S/C41H26N4S/c1-3-12-27(13-4-1)31-16-11-17-32(26-31)40-43-38(29-14-5-2-6-15-29)42-39(44-40)30-24-22-28(23-25-30)37-33-18-7-8-19-34(33)45-35-20-9-10-21-36(35)46-41(37)45/h1-26H. The van der Waals surface area contributed by atoms with E-state index in [-0.39, 0.29) is 0 Å². The van der Waals surface area contributed by atoms with Crippen LogP contribution in [0.15, 0.2) is 158 Å². The Morgan fingerprint density at radius 2 is 0.913 bits per heavy atom. The fourth-order valence-corrected chi connectivity index (χ4v) is 7.51. The molecule has 216 valence electrons. The summed E-state index contributed by atoms with van der Waals surface area (Å²) in [6, 6.07) is 54.9. The van der Waals surface area contributed by atoms with Gasteiger partial charge in [-0.2, -0.15) is 0 Å². The van der Waals surface area contributed by atoms with Crippen molar-refractivity contribution < 1.29 is 0 Å². The minimum atomic E-state index is 0.647. The van der Waals surface area contributed by atoms with Crippen LogP contribution in [0.2, 0.25) is 0 Å². The molecule has 6 aromatic carbocycles. The Bertz CT molecular complexity index is 2510. The molecule has 3 aromatic heterocycles. The third kappa shape index (κ3) is 4.48. The van der Waals surface area contributed by atoms with E-state index in [4.69, 9.17) is 15.0 Å². The molecule has 0 saturated heterocycles. The van der Waals surface area contributed by atoms with E-state index < -0.39 is 0 Å². The van der Waals surface area contributed by atoms with Gasteiger partial charge in [0.2, 0.25) is 0 Å². The number of fused-ring (bicyclic) bond motifs is 5. The monoisotopic (exact) mass is 606 g/mol. The van der Waals surface area contributed by atoms with E-state index in [0.29, 0.717) is 17.5 Å². The Kier molecular flexibility index (Phi) is 6.28. The zero-order valence-corrected chi connectivity index (χ0v) is 25.5. The summed E-state index contributed by atoms with van der Waals surface area (Å²) in [5.74, 6) is 1.95. The minimum absolute atomic E-state index is 0.647. The van der Waals surface area contributed by atoms with Gasteiger partial charge in [0.25, 0.3) is 0 Å². The predicted molar refractivity (Wildman–Crippen MR) is 191 cm³/mol. The molecule has 0 spiro atoms. The van der Waals surface area contributed by atoms with Gasteiger partial charge in [-0.3, -0.25) is 4.40 Å². The largest absolute Gasteiger partial charge is 0.299 e. The lowest BCUT2D eigenvalue weighted by atomic mass is 10.0. The van der Waals surface area contributed by atoms with Crippen LogP contribution in [0.5, 0.6) is 0 Å². The number of hydrogen-bond donors (Lipinski definition) is 0. The highest BCUT2D eigenvalue weighted by Gasteiger charge is 2.18. The second kappa shape index (κ2) is 10.9. The van der Waals surface area contributed by atoms with Crippen molar-refractivity contribution in [2.24, 2.45) is 0 Å². The first-order chi connectivity index (χ1) is 22.8. The first kappa shape index (κ1) is 26.5. The van der Waals surface area contributed by atoms with E-state index in [1.165, 1.54) is 37.1 Å². The molecule has 0 atom stereocenters. The maximum absolute atomic E-state index is 5.03. The Balaban J connectivity index is 1.18. The molecule has 0 fully saturated rings. The van der Waals surface area contributed by atoms with Gasteiger partial charge in [-0.05, 0) is 41.0 Å². The van der Waals surface area contributed by atoms with Crippen LogP contribution in [0.25, 0.3) is 82.4 Å². The fraction of sp³-hybridized carbons (Fsp3) is 0. The number of nitrogens with zero attached hydrogens (tertiary/aromatic N) is 4. The van der Waals surface area contributed by atoms with Gasteiger partial charge in [0.05, 0.1) is 15.7 Å². The van der Waals surface area contributed by atoms with Gasteiger partial charge in [-0.25, -0.2) is 15.0 Å². The zero-order chi connectivity index (χ0) is 30.5. The predicted octanol–water partition coefficient (Wildman–Crippen LogP) is 10.8. The van der Waals surface area contributed by atoms with Gasteiger partial charge < -0.3 is 0 Å². The summed E-state index contributed by atoms with van der Waals surface area (Å²) in [6.45, 7) is 0. The molecule has 9 aromatic rings. The molecule has 0 amide bonds. The highest BCUT2D eigenvalue weighted by atomic mass is 32.1. The molecule has 0 radical (unpaired) electrons. The number of aromatic nitrogens is 4. The summed E-state index contributed by atoms with van der Waals surface area (Å²) in [5, 5.41) is 1.25. The quantitative estimate of drug-likeness (QED) is 0.196. The van der Waals surface area contributed by atoms with Crippen molar-refractivity contribution in [3.05, 3.63) is 158 Å². The maximum atomic E-state index is 5.03. The van der Waals surface area contributed by atoms with Gasteiger partial charge in [0, 0.05) is 27.6 Å². The van der Waals surface area contributed by atoms with E-state index in [1.807, 2.05) is 47.7 Å². The zero-order valence-electron chi connectivity index (χ0n) is 24.7. The van der Waals surface area contributed by atoms with Crippen LogP contribution in [0.4, 0.5) is 0 Å². The Morgan fingerprint density at radius 1 is 0.391 bits per heavy atom. The van der Waals surface area contributed by atoms with Crippen molar-refractivity contribution in [2.75, 3.05) is 0 Å². The summed E-state index contributed by atoms with van der Waals surface area (Å²) in [6.07, 6.45) is 0. The van der Waals surface area contributed by atoms with Crippen LogP contribution in [-0.2, 0) is 0 Å². The van der Waals surface area contributed by atoms with Crippen molar-refractivity contribution >= 4 is 37.3 Å². The van der Waals surface area contributed by atoms with Crippen molar-refractivity contribution in [3.8, 4) is 56.4 Å². The van der Waals surface area contributed by atoms with Gasteiger partial charge >= 0.3 is 0 Å². The van der Waals surface area contributed by atoms with Crippen LogP contribution in [0, 0.1) is 0 Å². The molecule has 0 aliphatic carbocycles. The lowest BCUT2D eigenvalue weighted by molar-refractivity contribution is 1.07. The van der Waals surface area contributed by atoms with Crippen LogP contribution in [-0.4, -0.2) is 19.4 Å². The Labute approximate surface area is 269 Å². The first-order valence-electron chi connectivity index (χ1n) is 15.3. The van der Waals surface area contributed by atoms with Crippen molar-refractivity contribution in [3.63, 3.8) is 0 Å². The second-order valence-corrected chi connectivity index (χ2v) is 12.3. The lowest BCUT2D eigenvalue weighted by Gasteiger charge is -2.10. The second-order valence-electron chi connectivity index (χ2n) is 11.3. The van der Waals surface area contributed by atoms with Gasteiger partial charge in [-0.1, -0.05) is 133 Å². The third-order valence-corrected chi connectivity index (χ3v) is 9.62. The Hall–Kier alpha value is -5.91. The van der Waals surface area contributed by atoms with Crippen molar-refractivity contribution in [2.45, 2.75) is 0 Å². The number of para-hydroxylation sites is 2. The molecule has 9 rings (SSSR count).